The van der Waals surface area contributed by atoms with Gasteiger partial charge in [-0.2, -0.15) is 0 Å². The van der Waals surface area contributed by atoms with Crippen LogP contribution in [0.25, 0.3) is 0 Å². The van der Waals surface area contributed by atoms with E-state index in [9.17, 15) is 5.21 Å². The Kier molecular flexibility index (Phi) is 2.88. The number of para-hydroxylation sites is 1. The second-order valence-electron chi connectivity index (χ2n) is 4.23. The van der Waals surface area contributed by atoms with Crippen LogP contribution in [0.2, 0.25) is 0 Å². The monoisotopic (exact) mass is 302 g/mol. The molecule has 90 valence electrons. The largest absolute Gasteiger partial charge is 0.594 e. The minimum Gasteiger partial charge on any atom is -0.594 e. The summed E-state index contributed by atoms with van der Waals surface area (Å²) < 4.78 is 0. The molecule has 0 bridgehead atoms. The van der Waals surface area contributed by atoms with Gasteiger partial charge in [-0.05, 0) is 22.9 Å². The highest BCUT2D eigenvalue weighted by atomic mass is 79.9. The lowest BCUT2D eigenvalue weighted by molar-refractivity contribution is -0.436. The number of rotatable bonds is 0. The summed E-state index contributed by atoms with van der Waals surface area (Å²) in [4.78, 5) is 0.837. The second kappa shape index (κ2) is 4.53. The average molecular weight is 303 g/mol. The van der Waals surface area contributed by atoms with Crippen molar-refractivity contribution in [2.24, 2.45) is 5.11 Å². The van der Waals surface area contributed by atoms with E-state index >= 15 is 0 Å². The Morgan fingerprint density at radius 1 is 1.11 bits per heavy atom. The van der Waals surface area contributed by atoms with Gasteiger partial charge in [0.25, 0.3) is 0 Å². The van der Waals surface area contributed by atoms with E-state index in [2.05, 4.69) is 21.0 Å². The molecule has 3 rings (SSSR count). The van der Waals surface area contributed by atoms with Gasteiger partial charge < -0.3 is 5.21 Å². The van der Waals surface area contributed by atoms with Crippen molar-refractivity contribution in [3.05, 3.63) is 64.9 Å². The average Bonchev–Trinajstić information content (AvgIpc) is 2.39. The van der Waals surface area contributed by atoms with E-state index in [0.717, 1.165) is 23.2 Å². The molecule has 18 heavy (non-hydrogen) atoms. The predicted molar refractivity (Wildman–Crippen MR) is 73.6 cm³/mol. The van der Waals surface area contributed by atoms with Gasteiger partial charge in [0, 0.05) is 16.7 Å². The fourth-order valence-corrected chi connectivity index (χ4v) is 2.90. The summed E-state index contributed by atoms with van der Waals surface area (Å²) in [6.45, 7) is 0. The molecule has 1 aliphatic heterocycles. The van der Waals surface area contributed by atoms with E-state index in [4.69, 9.17) is 0 Å². The van der Waals surface area contributed by atoms with Gasteiger partial charge in [0.2, 0.25) is 5.69 Å². The van der Waals surface area contributed by atoms with E-state index in [-0.39, 0.29) is 4.83 Å². The maximum Gasteiger partial charge on any atom is 0.249 e. The van der Waals surface area contributed by atoms with Crippen molar-refractivity contribution >= 4 is 27.3 Å². The molecule has 1 heterocycles. The van der Waals surface area contributed by atoms with Gasteiger partial charge in [0.15, 0.2) is 0 Å². The van der Waals surface area contributed by atoms with E-state index in [1.165, 1.54) is 0 Å². The highest BCUT2D eigenvalue weighted by Gasteiger charge is 2.22. The van der Waals surface area contributed by atoms with E-state index in [0.29, 0.717) is 10.5 Å². The van der Waals surface area contributed by atoms with Crippen molar-refractivity contribution in [3.63, 3.8) is 0 Å². The molecule has 0 N–H and O–H groups in total. The van der Waals surface area contributed by atoms with Crippen molar-refractivity contribution in [2.75, 3.05) is 0 Å². The highest BCUT2D eigenvalue weighted by Crippen LogP contribution is 2.38. The molecule has 1 aliphatic rings. The summed E-state index contributed by atoms with van der Waals surface area (Å²) in [5, 5.41) is 16.2. The minimum atomic E-state index is 0.127. The Bertz CT molecular complexity index is 625. The smallest absolute Gasteiger partial charge is 0.249 e. The Morgan fingerprint density at radius 3 is 2.72 bits per heavy atom. The molecular weight excluding hydrogens is 292 g/mol. The van der Waals surface area contributed by atoms with Crippen LogP contribution in [0.15, 0.2) is 53.6 Å². The first-order valence-corrected chi connectivity index (χ1v) is 6.67. The maximum atomic E-state index is 12.1. The van der Waals surface area contributed by atoms with Crippen LogP contribution in [-0.2, 0) is 6.42 Å². The molecule has 2 aromatic carbocycles. The minimum absolute atomic E-state index is 0.127. The van der Waals surface area contributed by atoms with Crippen LogP contribution >= 0.6 is 15.9 Å². The summed E-state index contributed by atoms with van der Waals surface area (Å²) in [6, 6.07) is 15.3. The third kappa shape index (κ3) is 1.93. The fraction of sp³-hybridized carbons (Fsp3) is 0.143. The molecule has 0 aromatic heterocycles. The molecule has 3 nitrogen and oxygen atoms in total. The van der Waals surface area contributed by atoms with Crippen molar-refractivity contribution in [1.82, 2.24) is 0 Å². The normalized spacial score (nSPS) is 18.1. The lowest BCUT2D eigenvalue weighted by Crippen LogP contribution is -2.04. The zero-order valence-electron chi connectivity index (χ0n) is 9.58. The summed E-state index contributed by atoms with van der Waals surface area (Å²) in [5.74, 6) is 0. The summed E-state index contributed by atoms with van der Waals surface area (Å²) >= 11 is 3.66. The van der Waals surface area contributed by atoms with Crippen molar-refractivity contribution in [1.29, 1.82) is 0 Å². The first-order valence-electron chi connectivity index (χ1n) is 5.75. The number of benzene rings is 2. The van der Waals surface area contributed by atoms with Crippen LogP contribution < -0.4 is 0 Å². The van der Waals surface area contributed by atoms with Crippen LogP contribution in [0, 0.1) is 5.21 Å². The van der Waals surface area contributed by atoms with Gasteiger partial charge in [-0.1, -0.05) is 52.3 Å². The van der Waals surface area contributed by atoms with Gasteiger partial charge in [-0.25, -0.2) is 0 Å². The van der Waals surface area contributed by atoms with Gasteiger partial charge >= 0.3 is 0 Å². The quantitative estimate of drug-likeness (QED) is 0.398. The van der Waals surface area contributed by atoms with Crippen LogP contribution in [0.4, 0.5) is 11.4 Å². The summed E-state index contributed by atoms with van der Waals surface area (Å²) in [6.07, 6.45) is 0.824. The number of nitrogens with zero attached hydrogens (tertiary/aromatic N) is 2. The molecule has 0 radical (unpaired) electrons. The zero-order chi connectivity index (χ0) is 12.5. The third-order valence-electron chi connectivity index (χ3n) is 3.07. The summed E-state index contributed by atoms with van der Waals surface area (Å²) in [7, 11) is 0. The number of fused-ring (bicyclic) bond motifs is 2. The zero-order valence-corrected chi connectivity index (χ0v) is 11.2. The Hall–Kier alpha value is -1.68. The number of alkyl halides is 1. The molecular formula is C14H11BrN2O. The van der Waals surface area contributed by atoms with Crippen LogP contribution in [0.1, 0.15) is 16.0 Å². The van der Waals surface area contributed by atoms with Crippen LogP contribution in [0.3, 0.4) is 0 Å². The topological polar surface area (TPSA) is 38.4 Å². The predicted octanol–water partition coefficient (Wildman–Crippen LogP) is 4.60. The molecule has 4 heteroatoms. The van der Waals surface area contributed by atoms with Crippen molar-refractivity contribution < 1.29 is 4.86 Å². The number of halogens is 1. The van der Waals surface area contributed by atoms with Gasteiger partial charge in [-0.3, -0.25) is 0 Å². The summed E-state index contributed by atoms with van der Waals surface area (Å²) in [5.41, 5.74) is 3.40. The number of hydrogen-bond acceptors (Lipinski definition) is 2. The van der Waals surface area contributed by atoms with Crippen LogP contribution in [0.5, 0.6) is 0 Å². The Labute approximate surface area is 113 Å². The van der Waals surface area contributed by atoms with E-state index < -0.39 is 0 Å². The van der Waals surface area contributed by atoms with Gasteiger partial charge in [0.05, 0.1) is 4.83 Å². The third-order valence-corrected chi connectivity index (χ3v) is 3.89. The molecule has 1 atom stereocenters. The molecule has 0 saturated carbocycles. The lowest BCUT2D eigenvalue weighted by Gasteiger charge is -2.16. The lowest BCUT2D eigenvalue weighted by atomic mass is 10.0. The van der Waals surface area contributed by atoms with E-state index in [1.54, 1.807) is 6.07 Å². The second-order valence-corrected chi connectivity index (χ2v) is 5.34. The Morgan fingerprint density at radius 2 is 1.83 bits per heavy atom. The SMILES string of the molecule is [O-][N+]1=Nc2ccccc2CC(Br)c2ccccc21. The molecule has 0 saturated heterocycles. The Balaban J connectivity index is 2.23. The molecule has 0 spiro atoms. The van der Waals surface area contributed by atoms with Crippen LogP contribution in [-0.4, -0.2) is 4.86 Å². The first-order chi connectivity index (χ1) is 8.75. The standard InChI is InChI=1S/C14H11BrN2O/c15-12-9-10-5-1-3-7-13(10)16-17(18)14-8-4-2-6-11(12)14/h1-8,12H,9H2. The molecule has 0 aliphatic carbocycles. The highest BCUT2D eigenvalue weighted by molar-refractivity contribution is 9.09. The molecule has 0 amide bonds. The maximum absolute atomic E-state index is 12.1. The first kappa shape index (κ1) is 11.4. The number of azo groups is 1. The van der Waals surface area contributed by atoms with Crippen molar-refractivity contribution in [2.45, 2.75) is 11.2 Å². The molecule has 1 unspecified atom stereocenters. The molecule has 0 fully saturated rings. The number of hydrogen-bond donors (Lipinski definition) is 0. The van der Waals surface area contributed by atoms with Gasteiger partial charge in [0.1, 0.15) is 5.69 Å². The van der Waals surface area contributed by atoms with Gasteiger partial charge in [-0.15, -0.1) is 0 Å². The molecule has 2 aromatic rings. The van der Waals surface area contributed by atoms with Crippen molar-refractivity contribution in [3.8, 4) is 0 Å². The van der Waals surface area contributed by atoms with E-state index in [1.807, 2.05) is 42.5 Å². The fourth-order valence-electron chi connectivity index (χ4n) is 2.16.